The first kappa shape index (κ1) is 18.1. The molecular formula is C20H19N3O4. The lowest BCUT2D eigenvalue weighted by atomic mass is 10.2. The van der Waals surface area contributed by atoms with Crippen molar-refractivity contribution in [1.29, 1.82) is 0 Å². The fraction of sp³-hybridized carbons (Fsp3) is 0.100. The molecule has 0 saturated carbocycles. The van der Waals surface area contributed by atoms with Gasteiger partial charge in [0.05, 0.1) is 19.9 Å². The van der Waals surface area contributed by atoms with E-state index in [0.717, 1.165) is 5.69 Å². The van der Waals surface area contributed by atoms with Crippen molar-refractivity contribution in [2.75, 3.05) is 24.9 Å². The van der Waals surface area contributed by atoms with Gasteiger partial charge in [-0.1, -0.05) is 0 Å². The smallest absolute Gasteiger partial charge is 0.255 e. The molecule has 7 heteroatoms. The van der Waals surface area contributed by atoms with Crippen LogP contribution in [-0.2, 0) is 0 Å². The molecule has 138 valence electrons. The molecule has 1 amide bonds. The minimum absolute atomic E-state index is 0.170. The number of benzene rings is 2. The number of nitrogens with zero attached hydrogens (tertiary/aromatic N) is 1. The van der Waals surface area contributed by atoms with E-state index >= 15 is 0 Å². The van der Waals surface area contributed by atoms with Gasteiger partial charge in [-0.25, -0.2) is 4.98 Å². The Morgan fingerprint density at radius 1 is 1.00 bits per heavy atom. The van der Waals surface area contributed by atoms with Crippen molar-refractivity contribution in [2.24, 2.45) is 0 Å². The molecule has 3 N–H and O–H groups in total. The number of pyridine rings is 1. The summed E-state index contributed by atoms with van der Waals surface area (Å²) in [5, 5.41) is 15.3. The highest BCUT2D eigenvalue weighted by Gasteiger charge is 2.13. The molecule has 0 fully saturated rings. The van der Waals surface area contributed by atoms with Crippen LogP contribution in [0.25, 0.3) is 0 Å². The number of anilines is 3. The van der Waals surface area contributed by atoms with E-state index in [1.807, 2.05) is 0 Å². The third-order valence-corrected chi connectivity index (χ3v) is 3.83. The second-order valence-corrected chi connectivity index (χ2v) is 5.60. The summed E-state index contributed by atoms with van der Waals surface area (Å²) in [5.74, 6) is 1.36. The number of hydrogen-bond acceptors (Lipinski definition) is 6. The maximum Gasteiger partial charge on any atom is 0.255 e. The van der Waals surface area contributed by atoms with Crippen molar-refractivity contribution in [1.82, 2.24) is 4.98 Å². The number of methoxy groups -OCH3 is 2. The molecule has 27 heavy (non-hydrogen) atoms. The fourth-order valence-electron chi connectivity index (χ4n) is 2.46. The van der Waals surface area contributed by atoms with Crippen molar-refractivity contribution in [2.45, 2.75) is 0 Å². The van der Waals surface area contributed by atoms with Crippen LogP contribution in [0.3, 0.4) is 0 Å². The molecule has 0 aliphatic rings. The van der Waals surface area contributed by atoms with E-state index in [1.54, 1.807) is 60.8 Å². The van der Waals surface area contributed by atoms with Crippen LogP contribution >= 0.6 is 0 Å². The van der Waals surface area contributed by atoms with Gasteiger partial charge in [-0.15, -0.1) is 0 Å². The summed E-state index contributed by atoms with van der Waals surface area (Å²) < 4.78 is 10.4. The summed E-state index contributed by atoms with van der Waals surface area (Å²) in [6, 6.07) is 15.0. The van der Waals surface area contributed by atoms with Crippen LogP contribution in [0.4, 0.5) is 17.2 Å². The SMILES string of the molecule is COc1ccc(C(=O)Nc2cccnc2Nc2ccc(O)cc2)cc1OC. The van der Waals surface area contributed by atoms with E-state index in [9.17, 15) is 9.90 Å². The minimum atomic E-state index is -0.308. The number of amides is 1. The lowest BCUT2D eigenvalue weighted by Crippen LogP contribution is -2.13. The molecular weight excluding hydrogens is 346 g/mol. The van der Waals surface area contributed by atoms with Crippen molar-refractivity contribution >= 4 is 23.1 Å². The van der Waals surface area contributed by atoms with E-state index in [-0.39, 0.29) is 11.7 Å². The van der Waals surface area contributed by atoms with Crippen LogP contribution in [0.2, 0.25) is 0 Å². The zero-order valence-corrected chi connectivity index (χ0v) is 14.9. The Morgan fingerprint density at radius 2 is 1.74 bits per heavy atom. The Morgan fingerprint density at radius 3 is 2.44 bits per heavy atom. The average molecular weight is 365 g/mol. The summed E-state index contributed by atoms with van der Waals surface area (Å²) >= 11 is 0. The summed E-state index contributed by atoms with van der Waals surface area (Å²) in [7, 11) is 3.05. The zero-order valence-electron chi connectivity index (χ0n) is 14.9. The molecule has 7 nitrogen and oxygen atoms in total. The van der Waals surface area contributed by atoms with E-state index in [1.165, 1.54) is 14.2 Å². The molecule has 0 radical (unpaired) electrons. The quantitative estimate of drug-likeness (QED) is 0.576. The number of nitrogens with one attached hydrogen (secondary N) is 2. The number of aromatic hydroxyl groups is 1. The molecule has 2 aromatic carbocycles. The van der Waals surface area contributed by atoms with Crippen LogP contribution in [0.1, 0.15) is 10.4 Å². The maximum atomic E-state index is 12.6. The van der Waals surface area contributed by atoms with Gasteiger partial charge in [0.25, 0.3) is 5.91 Å². The highest BCUT2D eigenvalue weighted by Crippen LogP contribution is 2.29. The van der Waals surface area contributed by atoms with Gasteiger partial charge >= 0.3 is 0 Å². The Bertz CT molecular complexity index is 942. The van der Waals surface area contributed by atoms with Gasteiger partial charge in [0.15, 0.2) is 17.3 Å². The molecule has 0 aliphatic carbocycles. The number of rotatable bonds is 6. The average Bonchev–Trinajstić information content (AvgIpc) is 2.70. The van der Waals surface area contributed by atoms with E-state index in [4.69, 9.17) is 9.47 Å². The molecule has 0 atom stereocenters. The Balaban J connectivity index is 1.81. The molecule has 0 saturated heterocycles. The third-order valence-electron chi connectivity index (χ3n) is 3.83. The number of hydrogen-bond donors (Lipinski definition) is 3. The van der Waals surface area contributed by atoms with Crippen LogP contribution in [0, 0.1) is 0 Å². The first-order valence-electron chi connectivity index (χ1n) is 8.15. The molecule has 0 aliphatic heterocycles. The van der Waals surface area contributed by atoms with Crippen molar-refractivity contribution in [3.05, 3.63) is 66.4 Å². The fourth-order valence-corrected chi connectivity index (χ4v) is 2.46. The van der Waals surface area contributed by atoms with Crippen LogP contribution in [-0.4, -0.2) is 30.2 Å². The number of aromatic nitrogens is 1. The van der Waals surface area contributed by atoms with Gasteiger partial charge in [0.1, 0.15) is 5.75 Å². The van der Waals surface area contributed by atoms with Gasteiger partial charge in [-0.3, -0.25) is 4.79 Å². The van der Waals surface area contributed by atoms with Gasteiger partial charge < -0.3 is 25.2 Å². The largest absolute Gasteiger partial charge is 0.508 e. The molecule has 0 spiro atoms. The molecule has 3 aromatic rings. The second kappa shape index (κ2) is 8.09. The lowest BCUT2D eigenvalue weighted by molar-refractivity contribution is 0.102. The number of carbonyl (C=O) groups excluding carboxylic acids is 1. The Hall–Kier alpha value is -3.74. The highest BCUT2D eigenvalue weighted by atomic mass is 16.5. The highest BCUT2D eigenvalue weighted by molar-refractivity contribution is 6.06. The molecule has 1 aromatic heterocycles. The molecule has 0 bridgehead atoms. The van der Waals surface area contributed by atoms with Crippen molar-refractivity contribution < 1.29 is 19.4 Å². The summed E-state index contributed by atoms with van der Waals surface area (Å²) in [5.41, 5.74) is 1.67. The minimum Gasteiger partial charge on any atom is -0.508 e. The van der Waals surface area contributed by atoms with E-state index < -0.39 is 0 Å². The van der Waals surface area contributed by atoms with Crippen LogP contribution < -0.4 is 20.1 Å². The van der Waals surface area contributed by atoms with E-state index in [2.05, 4.69) is 15.6 Å². The van der Waals surface area contributed by atoms with Gasteiger partial charge in [0, 0.05) is 17.4 Å². The third kappa shape index (κ3) is 4.27. The first-order valence-corrected chi connectivity index (χ1v) is 8.15. The first-order chi connectivity index (χ1) is 13.1. The van der Waals surface area contributed by atoms with E-state index in [0.29, 0.717) is 28.6 Å². The standard InChI is InChI=1S/C20H19N3O4/c1-26-17-10-5-13(12-18(17)27-2)20(25)23-16-4-3-11-21-19(16)22-14-6-8-15(24)9-7-14/h3-12,24H,1-2H3,(H,21,22)(H,23,25). The summed E-state index contributed by atoms with van der Waals surface area (Å²) in [6.07, 6.45) is 1.62. The predicted octanol–water partition coefficient (Wildman–Crippen LogP) is 3.80. The predicted molar refractivity (Wildman–Crippen MR) is 103 cm³/mol. The number of ether oxygens (including phenoxy) is 2. The van der Waals surface area contributed by atoms with Crippen LogP contribution in [0.5, 0.6) is 17.2 Å². The van der Waals surface area contributed by atoms with Gasteiger partial charge in [0.2, 0.25) is 0 Å². The topological polar surface area (TPSA) is 92.7 Å². The Kier molecular flexibility index (Phi) is 5.41. The molecule has 1 heterocycles. The van der Waals surface area contributed by atoms with Crippen LogP contribution in [0.15, 0.2) is 60.8 Å². The van der Waals surface area contributed by atoms with Crippen molar-refractivity contribution in [3.63, 3.8) is 0 Å². The normalized spacial score (nSPS) is 10.1. The number of carbonyl (C=O) groups is 1. The summed E-state index contributed by atoms with van der Waals surface area (Å²) in [4.78, 5) is 16.9. The Labute approximate surface area is 156 Å². The van der Waals surface area contributed by atoms with Crippen molar-refractivity contribution in [3.8, 4) is 17.2 Å². The zero-order chi connectivity index (χ0) is 19.2. The van der Waals surface area contributed by atoms with Gasteiger partial charge in [-0.05, 0) is 54.6 Å². The summed E-state index contributed by atoms with van der Waals surface area (Å²) in [6.45, 7) is 0. The monoisotopic (exact) mass is 365 g/mol. The second-order valence-electron chi connectivity index (χ2n) is 5.60. The van der Waals surface area contributed by atoms with Gasteiger partial charge in [-0.2, -0.15) is 0 Å². The number of phenols is 1. The molecule has 3 rings (SSSR count). The maximum absolute atomic E-state index is 12.6. The number of phenolic OH excluding ortho intramolecular Hbond substituents is 1. The molecule has 0 unspecified atom stereocenters. The lowest BCUT2D eigenvalue weighted by Gasteiger charge is -2.13.